The number of hydrogen-bond acceptors (Lipinski definition) is 4. The molecular formula is C13H21N3OS. The summed E-state index contributed by atoms with van der Waals surface area (Å²) in [7, 11) is 1.62. The molecule has 1 aromatic heterocycles. The third-order valence-corrected chi connectivity index (χ3v) is 4.68. The Morgan fingerprint density at radius 3 is 2.83 bits per heavy atom. The molecule has 1 saturated carbocycles. The van der Waals surface area contributed by atoms with Crippen molar-refractivity contribution in [3.63, 3.8) is 0 Å². The van der Waals surface area contributed by atoms with E-state index in [-0.39, 0.29) is 5.91 Å². The van der Waals surface area contributed by atoms with Gasteiger partial charge in [0.1, 0.15) is 4.88 Å². The van der Waals surface area contributed by atoms with Gasteiger partial charge in [0.05, 0.1) is 10.7 Å². The lowest BCUT2D eigenvalue weighted by Gasteiger charge is -2.14. The number of anilines is 2. The zero-order valence-electron chi connectivity index (χ0n) is 11.0. The number of nitrogen functional groups attached to an aromatic ring is 1. The van der Waals surface area contributed by atoms with E-state index in [1.54, 1.807) is 7.05 Å². The number of carbonyl (C=O) groups excluding carboxylic acids is 1. The lowest BCUT2D eigenvalue weighted by atomic mass is 10.0. The van der Waals surface area contributed by atoms with Gasteiger partial charge in [-0.1, -0.05) is 13.3 Å². The lowest BCUT2D eigenvalue weighted by Crippen LogP contribution is -2.17. The molecule has 4 N–H and O–H groups in total. The van der Waals surface area contributed by atoms with Gasteiger partial charge in [0.2, 0.25) is 0 Å². The van der Waals surface area contributed by atoms with Gasteiger partial charge in [-0.3, -0.25) is 4.79 Å². The van der Waals surface area contributed by atoms with Crippen molar-refractivity contribution >= 4 is 27.9 Å². The Balaban J connectivity index is 1.96. The van der Waals surface area contributed by atoms with Crippen LogP contribution in [0.4, 0.5) is 10.7 Å². The molecule has 100 valence electrons. The normalized spacial score (nSPS) is 16.3. The number of amides is 1. The molecular weight excluding hydrogens is 246 g/mol. The number of nitrogens with two attached hydrogens (primary N) is 1. The van der Waals surface area contributed by atoms with E-state index in [9.17, 15) is 4.79 Å². The quantitative estimate of drug-likeness (QED) is 0.742. The maximum absolute atomic E-state index is 11.6. The Morgan fingerprint density at radius 1 is 1.56 bits per heavy atom. The fourth-order valence-electron chi connectivity index (χ4n) is 2.28. The van der Waals surface area contributed by atoms with Crippen LogP contribution in [-0.4, -0.2) is 19.5 Å². The minimum absolute atomic E-state index is 0.111. The van der Waals surface area contributed by atoms with Crippen molar-refractivity contribution in [1.82, 2.24) is 5.32 Å². The number of hydrogen-bond donors (Lipinski definition) is 3. The molecule has 1 aliphatic carbocycles. The van der Waals surface area contributed by atoms with Gasteiger partial charge in [0, 0.05) is 13.6 Å². The van der Waals surface area contributed by atoms with E-state index in [0.717, 1.165) is 11.5 Å². The van der Waals surface area contributed by atoms with E-state index >= 15 is 0 Å². The van der Waals surface area contributed by atoms with E-state index in [4.69, 9.17) is 5.73 Å². The van der Waals surface area contributed by atoms with Crippen LogP contribution in [0.3, 0.4) is 0 Å². The van der Waals surface area contributed by atoms with Crippen LogP contribution < -0.4 is 16.4 Å². The minimum atomic E-state index is -0.111. The summed E-state index contributed by atoms with van der Waals surface area (Å²) in [5, 5.41) is 7.03. The van der Waals surface area contributed by atoms with Crippen LogP contribution in [0.5, 0.6) is 0 Å². The molecule has 0 aliphatic heterocycles. The van der Waals surface area contributed by atoms with E-state index in [2.05, 4.69) is 17.6 Å². The maximum Gasteiger partial charge on any atom is 0.263 e. The van der Waals surface area contributed by atoms with Crippen LogP contribution >= 0.6 is 11.3 Å². The maximum atomic E-state index is 11.6. The van der Waals surface area contributed by atoms with E-state index in [0.29, 0.717) is 16.0 Å². The van der Waals surface area contributed by atoms with Crippen molar-refractivity contribution in [2.75, 3.05) is 24.6 Å². The van der Waals surface area contributed by atoms with E-state index in [1.165, 1.54) is 37.0 Å². The summed E-state index contributed by atoms with van der Waals surface area (Å²) in [6, 6.07) is 1.86. The van der Waals surface area contributed by atoms with Gasteiger partial charge in [-0.05, 0) is 30.7 Å². The molecule has 1 fully saturated rings. The molecule has 2 rings (SSSR count). The van der Waals surface area contributed by atoms with Crippen molar-refractivity contribution in [3.8, 4) is 0 Å². The summed E-state index contributed by atoms with van der Waals surface area (Å²) in [6.07, 6.45) is 5.15. The zero-order valence-corrected chi connectivity index (χ0v) is 11.8. The predicted octanol–water partition coefficient (Wildman–Crippen LogP) is 2.68. The fourth-order valence-corrected chi connectivity index (χ4v) is 3.20. The van der Waals surface area contributed by atoms with E-state index in [1.807, 2.05) is 6.07 Å². The highest BCUT2D eigenvalue weighted by Gasteiger charge is 2.41. The first kappa shape index (κ1) is 13.2. The Kier molecular flexibility index (Phi) is 3.80. The third kappa shape index (κ3) is 2.77. The topological polar surface area (TPSA) is 67.1 Å². The molecule has 0 bridgehead atoms. The van der Waals surface area contributed by atoms with Gasteiger partial charge in [0.15, 0.2) is 0 Å². The van der Waals surface area contributed by atoms with Crippen LogP contribution in [-0.2, 0) is 0 Å². The van der Waals surface area contributed by atoms with Crippen molar-refractivity contribution in [2.45, 2.75) is 32.6 Å². The van der Waals surface area contributed by atoms with Gasteiger partial charge in [-0.25, -0.2) is 0 Å². The van der Waals surface area contributed by atoms with Crippen LogP contribution in [0.15, 0.2) is 6.07 Å². The molecule has 4 nitrogen and oxygen atoms in total. The Bertz CT molecular complexity index is 437. The summed E-state index contributed by atoms with van der Waals surface area (Å²) in [6.45, 7) is 3.22. The molecule has 1 aliphatic rings. The Labute approximate surface area is 112 Å². The standard InChI is InChI=1S/C13H21N3OS/c1-3-4-13(5-6-13)8-16-10-7-9(14)11(18-10)12(17)15-2/h7,16H,3-6,8,14H2,1-2H3,(H,15,17). The first-order chi connectivity index (χ1) is 8.60. The second-order valence-corrected chi connectivity index (χ2v) is 6.13. The van der Waals surface area contributed by atoms with Crippen molar-refractivity contribution in [2.24, 2.45) is 5.41 Å². The highest BCUT2D eigenvalue weighted by Crippen LogP contribution is 2.49. The molecule has 0 unspecified atom stereocenters. The SMILES string of the molecule is CCCC1(CNc2cc(N)c(C(=O)NC)s2)CC1. The molecule has 0 spiro atoms. The molecule has 1 amide bonds. The van der Waals surface area contributed by atoms with Crippen LogP contribution in [0.25, 0.3) is 0 Å². The largest absolute Gasteiger partial charge is 0.397 e. The summed E-state index contributed by atoms with van der Waals surface area (Å²) in [4.78, 5) is 12.2. The first-order valence-electron chi connectivity index (χ1n) is 6.45. The highest BCUT2D eigenvalue weighted by molar-refractivity contribution is 7.18. The summed E-state index contributed by atoms with van der Waals surface area (Å²) in [5.74, 6) is -0.111. The third-order valence-electron chi connectivity index (χ3n) is 3.57. The van der Waals surface area contributed by atoms with Crippen molar-refractivity contribution in [3.05, 3.63) is 10.9 Å². The molecule has 0 atom stereocenters. The van der Waals surface area contributed by atoms with Gasteiger partial charge in [-0.2, -0.15) is 0 Å². The zero-order chi connectivity index (χ0) is 13.2. The smallest absolute Gasteiger partial charge is 0.263 e. The van der Waals surface area contributed by atoms with Gasteiger partial charge in [0.25, 0.3) is 5.91 Å². The van der Waals surface area contributed by atoms with Crippen LogP contribution in [0.1, 0.15) is 42.3 Å². The van der Waals surface area contributed by atoms with Gasteiger partial charge >= 0.3 is 0 Å². The van der Waals surface area contributed by atoms with E-state index < -0.39 is 0 Å². The minimum Gasteiger partial charge on any atom is -0.397 e. The molecule has 5 heteroatoms. The Hall–Kier alpha value is -1.23. The molecule has 0 aromatic carbocycles. The molecule has 18 heavy (non-hydrogen) atoms. The van der Waals surface area contributed by atoms with Crippen LogP contribution in [0, 0.1) is 5.41 Å². The van der Waals surface area contributed by atoms with Gasteiger partial charge < -0.3 is 16.4 Å². The molecule has 1 aromatic rings. The second kappa shape index (κ2) is 5.18. The number of carbonyl (C=O) groups is 1. The fraction of sp³-hybridized carbons (Fsp3) is 0.615. The number of thiophene rings is 1. The lowest BCUT2D eigenvalue weighted by molar-refractivity contribution is 0.0968. The monoisotopic (exact) mass is 267 g/mol. The molecule has 1 heterocycles. The first-order valence-corrected chi connectivity index (χ1v) is 7.27. The van der Waals surface area contributed by atoms with Gasteiger partial charge in [-0.15, -0.1) is 11.3 Å². The van der Waals surface area contributed by atoms with Crippen molar-refractivity contribution in [1.29, 1.82) is 0 Å². The molecule has 0 saturated heterocycles. The summed E-state index contributed by atoms with van der Waals surface area (Å²) in [5.41, 5.74) is 6.90. The average molecular weight is 267 g/mol. The predicted molar refractivity (Wildman–Crippen MR) is 77.2 cm³/mol. The summed E-state index contributed by atoms with van der Waals surface area (Å²) < 4.78 is 0. The number of rotatable bonds is 6. The second-order valence-electron chi connectivity index (χ2n) is 5.08. The number of nitrogens with one attached hydrogen (secondary N) is 2. The highest BCUT2D eigenvalue weighted by atomic mass is 32.1. The van der Waals surface area contributed by atoms with Crippen molar-refractivity contribution < 1.29 is 4.79 Å². The summed E-state index contributed by atoms with van der Waals surface area (Å²) >= 11 is 1.43. The molecule has 0 radical (unpaired) electrons. The van der Waals surface area contributed by atoms with Crippen LogP contribution in [0.2, 0.25) is 0 Å². The Morgan fingerprint density at radius 2 is 2.28 bits per heavy atom. The average Bonchev–Trinajstić information content (AvgIpc) is 3.02.